The Labute approximate surface area is 141 Å². The van der Waals surface area contributed by atoms with Crippen LogP contribution in [0.4, 0.5) is 5.69 Å². The van der Waals surface area contributed by atoms with Crippen LogP contribution in [-0.2, 0) is 4.79 Å². The van der Waals surface area contributed by atoms with Crippen molar-refractivity contribution in [1.29, 1.82) is 0 Å². The number of benzene rings is 2. The SMILES string of the molecule is CCOc1ccc(/C=N/NC(=O)CNc2ccccc2)cc1OC. The second kappa shape index (κ2) is 9.19. The minimum Gasteiger partial charge on any atom is -0.493 e. The van der Waals surface area contributed by atoms with Crippen molar-refractivity contribution in [3.8, 4) is 11.5 Å². The highest BCUT2D eigenvalue weighted by atomic mass is 16.5. The lowest BCUT2D eigenvalue weighted by Gasteiger charge is -2.09. The van der Waals surface area contributed by atoms with E-state index in [2.05, 4.69) is 15.8 Å². The number of nitrogens with zero attached hydrogens (tertiary/aromatic N) is 1. The highest BCUT2D eigenvalue weighted by Gasteiger charge is 2.04. The number of para-hydroxylation sites is 1. The Hall–Kier alpha value is -3.02. The molecule has 0 aromatic heterocycles. The monoisotopic (exact) mass is 327 g/mol. The van der Waals surface area contributed by atoms with Crippen molar-refractivity contribution in [2.24, 2.45) is 5.10 Å². The summed E-state index contributed by atoms with van der Waals surface area (Å²) in [6.07, 6.45) is 1.55. The van der Waals surface area contributed by atoms with Crippen molar-refractivity contribution in [3.05, 3.63) is 54.1 Å². The molecule has 0 spiro atoms. The molecule has 0 atom stereocenters. The third-order valence-electron chi connectivity index (χ3n) is 3.12. The first-order chi connectivity index (χ1) is 11.7. The summed E-state index contributed by atoms with van der Waals surface area (Å²) in [5.41, 5.74) is 4.15. The van der Waals surface area contributed by atoms with Gasteiger partial charge in [0.05, 0.1) is 26.5 Å². The number of hydrogen-bond acceptors (Lipinski definition) is 5. The lowest BCUT2D eigenvalue weighted by atomic mass is 10.2. The standard InChI is InChI=1S/C18H21N3O3/c1-3-24-16-10-9-14(11-17(16)23-2)12-20-21-18(22)13-19-15-7-5-4-6-8-15/h4-12,19H,3,13H2,1-2H3,(H,21,22)/b20-12+. The predicted octanol–water partition coefficient (Wildman–Crippen LogP) is 2.66. The van der Waals surface area contributed by atoms with Gasteiger partial charge in [-0.15, -0.1) is 0 Å². The summed E-state index contributed by atoms with van der Waals surface area (Å²) < 4.78 is 10.7. The summed E-state index contributed by atoms with van der Waals surface area (Å²) in [7, 11) is 1.58. The fourth-order valence-corrected chi connectivity index (χ4v) is 2.00. The summed E-state index contributed by atoms with van der Waals surface area (Å²) in [4.78, 5) is 11.7. The second-order valence-electron chi connectivity index (χ2n) is 4.86. The van der Waals surface area contributed by atoms with E-state index in [1.807, 2.05) is 49.4 Å². The molecule has 0 bridgehead atoms. The molecule has 126 valence electrons. The maximum Gasteiger partial charge on any atom is 0.259 e. The highest BCUT2D eigenvalue weighted by Crippen LogP contribution is 2.27. The second-order valence-corrected chi connectivity index (χ2v) is 4.86. The average Bonchev–Trinajstić information content (AvgIpc) is 2.62. The molecule has 2 N–H and O–H groups in total. The zero-order valence-electron chi connectivity index (χ0n) is 13.8. The van der Waals surface area contributed by atoms with Crippen molar-refractivity contribution < 1.29 is 14.3 Å². The van der Waals surface area contributed by atoms with Crippen LogP contribution in [0.15, 0.2) is 53.6 Å². The van der Waals surface area contributed by atoms with E-state index in [1.54, 1.807) is 19.4 Å². The summed E-state index contributed by atoms with van der Waals surface area (Å²) in [6, 6.07) is 14.9. The lowest BCUT2D eigenvalue weighted by Crippen LogP contribution is -2.25. The van der Waals surface area contributed by atoms with Crippen LogP contribution in [0.1, 0.15) is 12.5 Å². The lowest BCUT2D eigenvalue weighted by molar-refractivity contribution is -0.119. The number of hydrogen-bond donors (Lipinski definition) is 2. The zero-order chi connectivity index (χ0) is 17.2. The summed E-state index contributed by atoms with van der Waals surface area (Å²) >= 11 is 0. The first-order valence-corrected chi connectivity index (χ1v) is 7.64. The van der Waals surface area contributed by atoms with Crippen molar-refractivity contribution in [3.63, 3.8) is 0 Å². The van der Waals surface area contributed by atoms with Gasteiger partial charge in [0, 0.05) is 5.69 Å². The van der Waals surface area contributed by atoms with Crippen LogP contribution in [0, 0.1) is 0 Å². The Morgan fingerprint density at radius 1 is 1.17 bits per heavy atom. The van der Waals surface area contributed by atoms with Crippen LogP contribution < -0.4 is 20.2 Å². The van der Waals surface area contributed by atoms with Gasteiger partial charge in [0.1, 0.15) is 0 Å². The molecule has 2 aromatic carbocycles. The minimum atomic E-state index is -0.229. The number of anilines is 1. The topological polar surface area (TPSA) is 72.0 Å². The third kappa shape index (κ3) is 5.31. The number of carbonyl (C=O) groups excluding carboxylic acids is 1. The van der Waals surface area contributed by atoms with Gasteiger partial charge < -0.3 is 14.8 Å². The maximum atomic E-state index is 11.7. The van der Waals surface area contributed by atoms with E-state index >= 15 is 0 Å². The smallest absolute Gasteiger partial charge is 0.259 e. The first-order valence-electron chi connectivity index (χ1n) is 7.64. The molecule has 0 aliphatic carbocycles. The molecule has 24 heavy (non-hydrogen) atoms. The Morgan fingerprint density at radius 3 is 2.67 bits per heavy atom. The molecule has 1 amide bonds. The van der Waals surface area contributed by atoms with Gasteiger partial charge in [-0.25, -0.2) is 5.43 Å². The van der Waals surface area contributed by atoms with Gasteiger partial charge in [-0.2, -0.15) is 5.10 Å². The Bertz CT molecular complexity index is 687. The van der Waals surface area contributed by atoms with Crippen LogP contribution >= 0.6 is 0 Å². The maximum absolute atomic E-state index is 11.7. The fourth-order valence-electron chi connectivity index (χ4n) is 2.00. The summed E-state index contributed by atoms with van der Waals surface area (Å²) in [5.74, 6) is 1.07. The number of carbonyl (C=O) groups is 1. The van der Waals surface area contributed by atoms with Crippen LogP contribution in [0.5, 0.6) is 11.5 Å². The minimum absolute atomic E-state index is 0.147. The van der Waals surface area contributed by atoms with Crippen molar-refractivity contribution >= 4 is 17.8 Å². The van der Waals surface area contributed by atoms with Crippen molar-refractivity contribution in [2.45, 2.75) is 6.92 Å². The molecule has 0 aliphatic heterocycles. The molecule has 6 nitrogen and oxygen atoms in total. The number of methoxy groups -OCH3 is 1. The Morgan fingerprint density at radius 2 is 1.96 bits per heavy atom. The van der Waals surface area contributed by atoms with Gasteiger partial charge >= 0.3 is 0 Å². The van der Waals surface area contributed by atoms with Gasteiger partial charge in [0.25, 0.3) is 5.91 Å². The average molecular weight is 327 g/mol. The van der Waals surface area contributed by atoms with Crippen LogP contribution in [-0.4, -0.2) is 32.4 Å². The van der Waals surface area contributed by atoms with E-state index in [9.17, 15) is 4.79 Å². The van der Waals surface area contributed by atoms with Crippen molar-refractivity contribution in [2.75, 3.05) is 25.6 Å². The molecule has 2 aromatic rings. The van der Waals surface area contributed by atoms with Crippen LogP contribution in [0.25, 0.3) is 0 Å². The number of ether oxygens (including phenoxy) is 2. The third-order valence-corrected chi connectivity index (χ3v) is 3.12. The van der Waals surface area contributed by atoms with E-state index in [4.69, 9.17) is 9.47 Å². The molecule has 0 heterocycles. The van der Waals surface area contributed by atoms with E-state index < -0.39 is 0 Å². The van der Waals surface area contributed by atoms with Crippen LogP contribution in [0.3, 0.4) is 0 Å². The van der Waals surface area contributed by atoms with Gasteiger partial charge in [-0.05, 0) is 42.8 Å². The van der Waals surface area contributed by atoms with Gasteiger partial charge in [0.15, 0.2) is 11.5 Å². The Balaban J connectivity index is 1.85. The zero-order valence-corrected chi connectivity index (χ0v) is 13.8. The molecule has 0 aliphatic rings. The molecule has 0 saturated carbocycles. The first kappa shape index (κ1) is 17.3. The number of rotatable bonds is 8. The van der Waals surface area contributed by atoms with Crippen LogP contribution in [0.2, 0.25) is 0 Å². The van der Waals surface area contributed by atoms with E-state index in [1.165, 1.54) is 0 Å². The normalized spacial score (nSPS) is 10.4. The summed E-state index contributed by atoms with van der Waals surface area (Å²) in [6.45, 7) is 2.62. The molecular formula is C18H21N3O3. The number of hydrazone groups is 1. The predicted molar refractivity (Wildman–Crippen MR) is 94.8 cm³/mol. The van der Waals surface area contributed by atoms with E-state index in [0.717, 1.165) is 11.3 Å². The molecule has 0 unspecified atom stereocenters. The van der Waals surface area contributed by atoms with Gasteiger partial charge in [0.2, 0.25) is 0 Å². The van der Waals surface area contributed by atoms with E-state index in [0.29, 0.717) is 18.1 Å². The molecule has 0 radical (unpaired) electrons. The number of amides is 1. The number of nitrogens with one attached hydrogen (secondary N) is 2. The highest BCUT2D eigenvalue weighted by molar-refractivity contribution is 5.84. The van der Waals surface area contributed by atoms with Gasteiger partial charge in [-0.1, -0.05) is 18.2 Å². The van der Waals surface area contributed by atoms with Crippen molar-refractivity contribution in [1.82, 2.24) is 5.43 Å². The van der Waals surface area contributed by atoms with Gasteiger partial charge in [-0.3, -0.25) is 4.79 Å². The Kier molecular flexibility index (Phi) is 6.64. The quantitative estimate of drug-likeness (QED) is 0.577. The molecule has 6 heteroatoms. The molecule has 0 fully saturated rings. The molecular weight excluding hydrogens is 306 g/mol. The summed E-state index contributed by atoms with van der Waals surface area (Å²) in [5, 5.41) is 6.95. The largest absolute Gasteiger partial charge is 0.493 e. The van der Waals surface area contributed by atoms with E-state index in [-0.39, 0.29) is 12.5 Å². The molecule has 0 saturated heterocycles. The fraction of sp³-hybridized carbons (Fsp3) is 0.222. The molecule has 2 rings (SSSR count).